The van der Waals surface area contributed by atoms with Crippen LogP contribution in [-0.4, -0.2) is 10.5 Å². The first-order chi connectivity index (χ1) is 7.68. The van der Waals surface area contributed by atoms with E-state index >= 15 is 0 Å². The van der Waals surface area contributed by atoms with Gasteiger partial charge in [0.05, 0.1) is 0 Å². The molecule has 0 aliphatic heterocycles. The normalized spacial score (nSPS) is 24.2. The zero-order valence-corrected chi connectivity index (χ0v) is 9.26. The van der Waals surface area contributed by atoms with Gasteiger partial charge in [-0.1, -0.05) is 18.2 Å². The molecule has 0 saturated carbocycles. The van der Waals surface area contributed by atoms with Crippen LogP contribution in [0, 0.1) is 0 Å². The number of nitrogens with zero attached hydrogens (tertiary/aromatic N) is 1. The number of nitrogens with two attached hydrogens (primary N) is 2. The zero-order chi connectivity index (χ0) is 11.4. The summed E-state index contributed by atoms with van der Waals surface area (Å²) in [5.74, 6) is 0. The molecule has 0 saturated heterocycles. The molecule has 1 atom stereocenters. The number of hydrogen-bond donors (Lipinski definition) is 2. The van der Waals surface area contributed by atoms with Crippen LogP contribution in [-0.2, 0) is 6.42 Å². The molecule has 3 nitrogen and oxygen atoms in total. The van der Waals surface area contributed by atoms with Crippen molar-refractivity contribution in [2.24, 2.45) is 11.5 Å². The van der Waals surface area contributed by atoms with E-state index in [9.17, 15) is 0 Å². The van der Waals surface area contributed by atoms with Crippen molar-refractivity contribution in [3.8, 4) is 0 Å². The van der Waals surface area contributed by atoms with Gasteiger partial charge in [0.2, 0.25) is 0 Å². The Hall–Kier alpha value is -1.61. The second-order valence-corrected chi connectivity index (χ2v) is 4.34. The molecule has 2 rings (SSSR count). The minimum absolute atomic E-state index is 0.251. The summed E-state index contributed by atoms with van der Waals surface area (Å²) in [4.78, 5) is 4.09. The van der Waals surface area contributed by atoms with Gasteiger partial charge in [-0.25, -0.2) is 0 Å². The van der Waals surface area contributed by atoms with Crippen LogP contribution in [0.25, 0.3) is 0 Å². The third-order valence-electron chi connectivity index (χ3n) is 2.93. The van der Waals surface area contributed by atoms with Gasteiger partial charge in [0.25, 0.3) is 0 Å². The molecule has 0 aromatic carbocycles. The van der Waals surface area contributed by atoms with Crippen LogP contribution in [0.2, 0.25) is 0 Å². The van der Waals surface area contributed by atoms with Gasteiger partial charge in [0.1, 0.15) is 0 Å². The summed E-state index contributed by atoms with van der Waals surface area (Å²) in [6.45, 7) is 0. The Morgan fingerprint density at radius 1 is 1.44 bits per heavy atom. The molecule has 0 amide bonds. The van der Waals surface area contributed by atoms with Gasteiger partial charge in [0, 0.05) is 23.6 Å². The zero-order valence-electron chi connectivity index (χ0n) is 9.26. The largest absolute Gasteiger partial charge is 0.399 e. The maximum atomic E-state index is 6.26. The van der Waals surface area contributed by atoms with E-state index in [1.54, 1.807) is 6.20 Å². The van der Waals surface area contributed by atoms with Gasteiger partial charge < -0.3 is 11.5 Å². The fourth-order valence-electron chi connectivity index (χ4n) is 1.81. The lowest BCUT2D eigenvalue weighted by Gasteiger charge is -2.27. The van der Waals surface area contributed by atoms with Crippen LogP contribution >= 0.6 is 0 Å². The van der Waals surface area contributed by atoms with E-state index in [4.69, 9.17) is 11.5 Å². The Balaban J connectivity index is 1.94. The summed E-state index contributed by atoms with van der Waals surface area (Å²) in [7, 11) is 0. The molecule has 0 bridgehead atoms. The van der Waals surface area contributed by atoms with E-state index in [1.807, 2.05) is 30.5 Å². The highest BCUT2D eigenvalue weighted by Gasteiger charge is 2.22. The monoisotopic (exact) mass is 215 g/mol. The Morgan fingerprint density at radius 3 is 2.94 bits per heavy atom. The van der Waals surface area contributed by atoms with Crippen molar-refractivity contribution in [3.63, 3.8) is 0 Å². The molecule has 0 radical (unpaired) electrons. The maximum absolute atomic E-state index is 6.26. The summed E-state index contributed by atoms with van der Waals surface area (Å²) < 4.78 is 0. The van der Waals surface area contributed by atoms with E-state index in [0.29, 0.717) is 0 Å². The third-order valence-corrected chi connectivity index (χ3v) is 2.93. The second-order valence-electron chi connectivity index (χ2n) is 4.34. The van der Waals surface area contributed by atoms with Gasteiger partial charge in [-0.15, -0.1) is 0 Å². The van der Waals surface area contributed by atoms with Crippen LogP contribution in [0.1, 0.15) is 18.4 Å². The fourth-order valence-corrected chi connectivity index (χ4v) is 1.81. The van der Waals surface area contributed by atoms with Crippen molar-refractivity contribution in [3.05, 3.63) is 54.0 Å². The van der Waals surface area contributed by atoms with Crippen LogP contribution in [0.15, 0.2) is 48.5 Å². The van der Waals surface area contributed by atoms with Crippen LogP contribution in [0.3, 0.4) is 0 Å². The molecule has 1 unspecified atom stereocenters. The average molecular weight is 215 g/mol. The first-order valence-corrected chi connectivity index (χ1v) is 5.51. The van der Waals surface area contributed by atoms with Crippen molar-refractivity contribution in [2.45, 2.75) is 24.8 Å². The van der Waals surface area contributed by atoms with E-state index < -0.39 is 0 Å². The van der Waals surface area contributed by atoms with Gasteiger partial charge in [-0.3, -0.25) is 4.98 Å². The highest BCUT2D eigenvalue weighted by Crippen LogP contribution is 2.22. The third kappa shape index (κ3) is 2.70. The van der Waals surface area contributed by atoms with Gasteiger partial charge in [0.15, 0.2) is 0 Å². The number of allylic oxidation sites excluding steroid dienone is 1. The molecule has 1 aromatic heterocycles. The molecular weight excluding hydrogens is 198 g/mol. The number of rotatable bonds is 3. The molecule has 1 aliphatic rings. The summed E-state index contributed by atoms with van der Waals surface area (Å²) in [6.07, 6.45) is 12.2. The van der Waals surface area contributed by atoms with Crippen molar-refractivity contribution in [1.29, 1.82) is 0 Å². The van der Waals surface area contributed by atoms with Crippen LogP contribution in [0.4, 0.5) is 0 Å². The smallest absolute Gasteiger partial charge is 0.0381 e. The standard InChI is InChI=1S/C13H17N3/c14-12-4-7-13(15,8-5-12)6-3-11-2-1-9-16-10-11/h1-2,4-5,7,9-10H,3,6,8,14-15H2. The topological polar surface area (TPSA) is 64.9 Å². The van der Waals surface area contributed by atoms with E-state index in [2.05, 4.69) is 11.1 Å². The van der Waals surface area contributed by atoms with Crippen molar-refractivity contribution in [1.82, 2.24) is 4.98 Å². The highest BCUT2D eigenvalue weighted by molar-refractivity contribution is 5.27. The second kappa shape index (κ2) is 4.49. The number of pyridine rings is 1. The molecule has 1 aromatic rings. The quantitative estimate of drug-likeness (QED) is 0.803. The lowest BCUT2D eigenvalue weighted by molar-refractivity contribution is 0.486. The lowest BCUT2D eigenvalue weighted by atomic mass is 9.86. The minimum Gasteiger partial charge on any atom is -0.399 e. The van der Waals surface area contributed by atoms with Crippen molar-refractivity contribution < 1.29 is 0 Å². The molecule has 0 spiro atoms. The Morgan fingerprint density at radius 2 is 2.31 bits per heavy atom. The van der Waals surface area contributed by atoms with E-state index in [1.165, 1.54) is 5.56 Å². The number of aryl methyl sites for hydroxylation is 1. The van der Waals surface area contributed by atoms with Crippen molar-refractivity contribution >= 4 is 0 Å². The average Bonchev–Trinajstić information content (AvgIpc) is 2.33. The van der Waals surface area contributed by atoms with Gasteiger partial charge in [-0.2, -0.15) is 0 Å². The molecule has 3 heteroatoms. The SMILES string of the molecule is NC1=CCC(N)(CCc2cccnc2)C=C1. The predicted octanol–water partition coefficient (Wildman–Crippen LogP) is 1.51. The molecule has 16 heavy (non-hydrogen) atoms. The molecule has 1 aliphatic carbocycles. The Bertz CT molecular complexity index is 408. The minimum atomic E-state index is -0.251. The summed E-state index contributed by atoms with van der Waals surface area (Å²) in [5, 5.41) is 0. The highest BCUT2D eigenvalue weighted by atomic mass is 14.7. The molecule has 1 heterocycles. The number of hydrogen-bond acceptors (Lipinski definition) is 3. The first-order valence-electron chi connectivity index (χ1n) is 5.51. The summed E-state index contributed by atoms with van der Waals surface area (Å²) in [6, 6.07) is 4.03. The lowest BCUT2D eigenvalue weighted by Crippen LogP contribution is -2.39. The van der Waals surface area contributed by atoms with Crippen LogP contribution < -0.4 is 11.5 Å². The van der Waals surface area contributed by atoms with Crippen LogP contribution in [0.5, 0.6) is 0 Å². The summed E-state index contributed by atoms with van der Waals surface area (Å²) >= 11 is 0. The first kappa shape index (κ1) is 10.9. The molecular formula is C13H17N3. The summed E-state index contributed by atoms with van der Waals surface area (Å²) in [5.41, 5.74) is 13.7. The fraction of sp³-hybridized carbons (Fsp3) is 0.308. The van der Waals surface area contributed by atoms with E-state index in [0.717, 1.165) is 25.0 Å². The van der Waals surface area contributed by atoms with Gasteiger partial charge in [-0.05, 0) is 37.0 Å². The van der Waals surface area contributed by atoms with E-state index in [-0.39, 0.29) is 5.54 Å². The Labute approximate surface area is 95.9 Å². The predicted molar refractivity (Wildman–Crippen MR) is 65.5 cm³/mol. The van der Waals surface area contributed by atoms with Gasteiger partial charge >= 0.3 is 0 Å². The molecule has 84 valence electrons. The Kier molecular flexibility index (Phi) is 3.06. The van der Waals surface area contributed by atoms with Crippen molar-refractivity contribution in [2.75, 3.05) is 0 Å². The molecule has 0 fully saturated rings. The number of aromatic nitrogens is 1. The molecule has 4 N–H and O–H groups in total. The maximum Gasteiger partial charge on any atom is 0.0381 e.